The molecule has 136 valence electrons. The molecule has 1 amide bonds. The lowest BCUT2D eigenvalue weighted by Crippen LogP contribution is -2.37. The second kappa shape index (κ2) is 7.88. The predicted octanol–water partition coefficient (Wildman–Crippen LogP) is 1.70. The smallest absolute Gasteiger partial charge is 0.241 e. The molecule has 2 aliphatic rings. The highest BCUT2D eigenvalue weighted by atomic mass is 32.2. The fourth-order valence-electron chi connectivity index (χ4n) is 2.84. The Bertz CT molecular complexity index is 773. The first-order valence-electron chi connectivity index (χ1n) is 8.38. The summed E-state index contributed by atoms with van der Waals surface area (Å²) < 4.78 is 37.1. The monoisotopic (exact) mass is 366 g/mol. The molecule has 25 heavy (non-hydrogen) atoms. The highest BCUT2D eigenvalue weighted by Gasteiger charge is 2.20. The van der Waals surface area contributed by atoms with Crippen molar-refractivity contribution in [3.63, 3.8) is 0 Å². The summed E-state index contributed by atoms with van der Waals surface area (Å²) in [4.78, 5) is 11.9. The first kappa shape index (κ1) is 17.8. The molecule has 0 bridgehead atoms. The van der Waals surface area contributed by atoms with Gasteiger partial charge in [0.1, 0.15) is 0 Å². The van der Waals surface area contributed by atoms with Crippen LogP contribution in [0.3, 0.4) is 0 Å². The van der Waals surface area contributed by atoms with Crippen LogP contribution >= 0.6 is 0 Å². The minimum absolute atomic E-state index is 0.0388. The molecule has 0 spiro atoms. The van der Waals surface area contributed by atoms with Gasteiger partial charge >= 0.3 is 0 Å². The van der Waals surface area contributed by atoms with Crippen LogP contribution in [0.1, 0.15) is 32.1 Å². The minimum atomic E-state index is -3.78. The zero-order chi connectivity index (χ0) is 17.7. The number of rotatable bonds is 7. The number of fused-ring (bicyclic) bond motifs is 1. The van der Waals surface area contributed by atoms with Crippen molar-refractivity contribution in [2.24, 2.45) is 0 Å². The average Bonchev–Trinajstić information content (AvgIpc) is 3.09. The first-order valence-corrected chi connectivity index (χ1v) is 9.87. The predicted molar refractivity (Wildman–Crippen MR) is 91.9 cm³/mol. The van der Waals surface area contributed by atoms with E-state index in [9.17, 15) is 13.2 Å². The Kier molecular flexibility index (Phi) is 5.60. The molecule has 8 heteroatoms. The van der Waals surface area contributed by atoms with E-state index in [1.165, 1.54) is 36.6 Å². The van der Waals surface area contributed by atoms with Crippen molar-refractivity contribution in [3.8, 4) is 11.5 Å². The van der Waals surface area contributed by atoms with Gasteiger partial charge in [0.05, 0.1) is 11.4 Å². The highest BCUT2D eigenvalue weighted by molar-refractivity contribution is 7.89. The average molecular weight is 366 g/mol. The third-order valence-corrected chi connectivity index (χ3v) is 5.63. The molecule has 0 fully saturated rings. The Morgan fingerprint density at radius 2 is 2.00 bits per heavy atom. The van der Waals surface area contributed by atoms with Crippen molar-refractivity contribution in [3.05, 3.63) is 29.8 Å². The zero-order valence-corrected chi connectivity index (χ0v) is 14.7. The van der Waals surface area contributed by atoms with Crippen LogP contribution in [0.4, 0.5) is 0 Å². The van der Waals surface area contributed by atoms with E-state index in [0.29, 0.717) is 18.0 Å². The standard InChI is InChI=1S/C17H22N2O5S/c20-17(18-9-8-13-4-2-1-3-5-13)11-19-25(21,22)14-6-7-15-16(10-14)24-12-23-15/h4,6-7,10,19H,1-3,5,8-9,11-12H2,(H,18,20). The number of sulfonamides is 1. The van der Waals surface area contributed by atoms with Gasteiger partial charge in [-0.15, -0.1) is 0 Å². The summed E-state index contributed by atoms with van der Waals surface area (Å²) in [5, 5.41) is 2.74. The van der Waals surface area contributed by atoms with E-state index in [4.69, 9.17) is 9.47 Å². The van der Waals surface area contributed by atoms with E-state index in [1.807, 2.05) is 0 Å². The molecular formula is C17H22N2O5S. The summed E-state index contributed by atoms with van der Waals surface area (Å²) in [5.41, 5.74) is 1.37. The summed E-state index contributed by atoms with van der Waals surface area (Å²) in [6.45, 7) is 0.303. The van der Waals surface area contributed by atoms with Crippen LogP contribution in [0.2, 0.25) is 0 Å². The Balaban J connectivity index is 1.46. The van der Waals surface area contributed by atoms with Crippen molar-refractivity contribution in [2.75, 3.05) is 19.9 Å². The van der Waals surface area contributed by atoms with E-state index >= 15 is 0 Å². The van der Waals surface area contributed by atoms with E-state index in [2.05, 4.69) is 16.1 Å². The molecule has 1 aromatic rings. The number of allylic oxidation sites excluding steroid dienone is 1. The number of carbonyl (C=O) groups is 1. The molecule has 0 unspecified atom stereocenters. The number of ether oxygens (including phenoxy) is 2. The molecule has 0 saturated carbocycles. The van der Waals surface area contributed by atoms with E-state index in [1.54, 1.807) is 0 Å². The summed E-state index contributed by atoms with van der Waals surface area (Å²) in [5.74, 6) is 0.544. The third-order valence-electron chi connectivity index (χ3n) is 4.23. The number of nitrogens with one attached hydrogen (secondary N) is 2. The van der Waals surface area contributed by atoms with Gasteiger partial charge in [-0.05, 0) is 44.2 Å². The fourth-order valence-corrected chi connectivity index (χ4v) is 3.84. The van der Waals surface area contributed by atoms with Gasteiger partial charge in [-0.25, -0.2) is 13.1 Å². The molecule has 1 aromatic carbocycles. The van der Waals surface area contributed by atoms with E-state index in [-0.39, 0.29) is 24.1 Å². The highest BCUT2D eigenvalue weighted by Crippen LogP contribution is 2.33. The molecule has 7 nitrogen and oxygen atoms in total. The van der Waals surface area contributed by atoms with Crippen LogP contribution in [0.25, 0.3) is 0 Å². The largest absolute Gasteiger partial charge is 0.454 e. The van der Waals surface area contributed by atoms with Crippen LogP contribution in [0.5, 0.6) is 11.5 Å². The summed E-state index contributed by atoms with van der Waals surface area (Å²) in [6.07, 6.45) is 7.69. The maximum atomic E-state index is 12.3. The van der Waals surface area contributed by atoms with Crippen LogP contribution in [0, 0.1) is 0 Å². The van der Waals surface area contributed by atoms with E-state index < -0.39 is 10.0 Å². The molecule has 3 rings (SSSR count). The topological polar surface area (TPSA) is 93.7 Å². The van der Waals surface area contributed by atoms with Crippen LogP contribution in [-0.4, -0.2) is 34.2 Å². The number of benzene rings is 1. The fraction of sp³-hybridized carbons (Fsp3) is 0.471. The second-order valence-corrected chi connectivity index (χ2v) is 7.81. The Labute approximate surface area is 147 Å². The number of carbonyl (C=O) groups excluding carboxylic acids is 1. The Hall–Kier alpha value is -2.06. The maximum absolute atomic E-state index is 12.3. The molecular weight excluding hydrogens is 344 g/mol. The molecule has 1 aliphatic heterocycles. The number of amides is 1. The molecule has 1 heterocycles. The molecule has 0 radical (unpaired) electrons. The lowest BCUT2D eigenvalue weighted by atomic mass is 9.97. The quantitative estimate of drug-likeness (QED) is 0.717. The molecule has 2 N–H and O–H groups in total. The van der Waals surface area contributed by atoms with Gasteiger partial charge in [0.25, 0.3) is 0 Å². The maximum Gasteiger partial charge on any atom is 0.241 e. The summed E-state index contributed by atoms with van der Waals surface area (Å²) in [6, 6.07) is 4.34. The van der Waals surface area contributed by atoms with Crippen molar-refractivity contribution >= 4 is 15.9 Å². The van der Waals surface area contributed by atoms with Gasteiger partial charge in [0.15, 0.2) is 11.5 Å². The van der Waals surface area contributed by atoms with Crippen molar-refractivity contribution in [1.29, 1.82) is 0 Å². The zero-order valence-electron chi connectivity index (χ0n) is 13.9. The Morgan fingerprint density at radius 1 is 1.16 bits per heavy atom. The lowest BCUT2D eigenvalue weighted by Gasteiger charge is -2.13. The normalized spacial score (nSPS) is 16.4. The van der Waals surface area contributed by atoms with Gasteiger partial charge in [-0.1, -0.05) is 11.6 Å². The van der Waals surface area contributed by atoms with Crippen molar-refractivity contribution in [2.45, 2.75) is 37.0 Å². The number of hydrogen-bond donors (Lipinski definition) is 2. The number of hydrogen-bond acceptors (Lipinski definition) is 5. The van der Waals surface area contributed by atoms with Crippen molar-refractivity contribution in [1.82, 2.24) is 10.0 Å². The van der Waals surface area contributed by atoms with Gasteiger partial charge < -0.3 is 14.8 Å². The van der Waals surface area contributed by atoms with Gasteiger partial charge in [-0.2, -0.15) is 0 Å². The third kappa shape index (κ3) is 4.73. The molecule has 0 atom stereocenters. The van der Waals surface area contributed by atoms with Gasteiger partial charge in [0.2, 0.25) is 22.7 Å². The summed E-state index contributed by atoms with van der Waals surface area (Å²) >= 11 is 0. The van der Waals surface area contributed by atoms with Crippen LogP contribution < -0.4 is 19.5 Å². The minimum Gasteiger partial charge on any atom is -0.454 e. The second-order valence-electron chi connectivity index (χ2n) is 6.05. The van der Waals surface area contributed by atoms with Gasteiger partial charge in [0, 0.05) is 12.6 Å². The lowest BCUT2D eigenvalue weighted by molar-refractivity contribution is -0.119. The van der Waals surface area contributed by atoms with Crippen molar-refractivity contribution < 1.29 is 22.7 Å². The van der Waals surface area contributed by atoms with E-state index in [0.717, 1.165) is 19.3 Å². The van der Waals surface area contributed by atoms with Crippen LogP contribution in [-0.2, 0) is 14.8 Å². The molecule has 1 aliphatic carbocycles. The molecule has 0 saturated heterocycles. The van der Waals surface area contributed by atoms with Gasteiger partial charge in [-0.3, -0.25) is 4.79 Å². The summed E-state index contributed by atoms with van der Waals surface area (Å²) in [7, 11) is -3.78. The SMILES string of the molecule is O=C(CNS(=O)(=O)c1ccc2c(c1)OCO2)NCCC1=CCCCC1. The molecule has 0 aromatic heterocycles. The van der Waals surface area contributed by atoms with Crippen LogP contribution in [0.15, 0.2) is 34.7 Å². The Morgan fingerprint density at radius 3 is 2.80 bits per heavy atom. The first-order chi connectivity index (χ1) is 12.0.